The zero-order valence-corrected chi connectivity index (χ0v) is 12.2. The van der Waals surface area contributed by atoms with Crippen molar-refractivity contribution in [3.8, 4) is 11.3 Å². The maximum absolute atomic E-state index is 12.3. The second-order valence-corrected chi connectivity index (χ2v) is 5.16. The minimum Gasteiger partial charge on any atom is -0.294 e. The summed E-state index contributed by atoms with van der Waals surface area (Å²) in [5, 5.41) is 11.2. The first-order valence-electron chi connectivity index (χ1n) is 7.23. The van der Waals surface area contributed by atoms with E-state index in [1.807, 2.05) is 36.4 Å². The third kappa shape index (κ3) is 2.50. The number of carbonyl (C=O) groups is 1. The molecule has 4 rings (SSSR count). The van der Waals surface area contributed by atoms with Crippen LogP contribution in [0, 0.1) is 0 Å². The number of H-pyrrole nitrogens is 1. The highest BCUT2D eigenvalue weighted by atomic mass is 16.1. The second-order valence-electron chi connectivity index (χ2n) is 5.16. The van der Waals surface area contributed by atoms with Crippen molar-refractivity contribution in [1.82, 2.24) is 24.8 Å². The molecule has 6 nitrogen and oxygen atoms in total. The Morgan fingerprint density at radius 1 is 1.09 bits per heavy atom. The summed E-state index contributed by atoms with van der Waals surface area (Å²) in [5.74, 6) is 0.515. The molecule has 0 fully saturated rings. The number of ketones is 1. The molecule has 0 aliphatic rings. The molecule has 0 atom stereocenters. The van der Waals surface area contributed by atoms with E-state index in [1.165, 1.54) is 0 Å². The second kappa shape index (κ2) is 5.49. The molecule has 0 amide bonds. The summed E-state index contributed by atoms with van der Waals surface area (Å²) in [6.07, 6.45) is 3.70. The number of nitrogens with zero attached hydrogens (tertiary/aromatic N) is 4. The van der Waals surface area contributed by atoms with E-state index in [9.17, 15) is 4.79 Å². The van der Waals surface area contributed by atoms with Gasteiger partial charge in [0.05, 0.1) is 18.3 Å². The molecule has 0 aliphatic carbocycles. The van der Waals surface area contributed by atoms with E-state index in [1.54, 1.807) is 29.0 Å². The Bertz CT molecular complexity index is 957. The Hall–Kier alpha value is -3.28. The zero-order valence-electron chi connectivity index (χ0n) is 12.2. The molecular formula is C17H13N5O. The number of benzene rings is 1. The monoisotopic (exact) mass is 303 g/mol. The number of pyridine rings is 1. The molecule has 3 heterocycles. The van der Waals surface area contributed by atoms with E-state index < -0.39 is 0 Å². The van der Waals surface area contributed by atoms with Crippen LogP contribution in [0.2, 0.25) is 0 Å². The van der Waals surface area contributed by atoms with Gasteiger partial charge in [-0.1, -0.05) is 36.4 Å². The first kappa shape index (κ1) is 13.4. The molecule has 6 heteroatoms. The molecule has 0 saturated heterocycles. The quantitative estimate of drug-likeness (QED) is 0.588. The lowest BCUT2D eigenvalue weighted by Crippen LogP contribution is -2.05. The van der Waals surface area contributed by atoms with E-state index in [0.29, 0.717) is 17.0 Å². The van der Waals surface area contributed by atoms with Crippen LogP contribution in [0.15, 0.2) is 60.9 Å². The van der Waals surface area contributed by atoms with Crippen LogP contribution < -0.4 is 0 Å². The third-order valence-electron chi connectivity index (χ3n) is 3.61. The Labute approximate surface area is 131 Å². The summed E-state index contributed by atoms with van der Waals surface area (Å²) in [6, 6.07) is 14.9. The van der Waals surface area contributed by atoms with Crippen molar-refractivity contribution in [3.05, 3.63) is 72.3 Å². The number of aromatic nitrogens is 5. The van der Waals surface area contributed by atoms with Crippen molar-refractivity contribution < 1.29 is 4.79 Å². The number of Topliss-reactive ketones (excluding diaryl/α,β-unsaturated/α-hetero) is 1. The van der Waals surface area contributed by atoms with E-state index in [-0.39, 0.29) is 12.2 Å². The average Bonchev–Trinajstić information content (AvgIpc) is 3.24. The molecule has 112 valence electrons. The number of hydrogen-bond acceptors (Lipinski definition) is 4. The first-order chi connectivity index (χ1) is 11.3. The average molecular weight is 303 g/mol. The van der Waals surface area contributed by atoms with Crippen LogP contribution in [0.1, 0.15) is 16.2 Å². The standard InChI is InChI=1S/C17H13N5O/c23-15(12-5-2-1-3-6-12)9-16-20-17-8-4-7-14(22(17)21-16)13-10-18-19-11-13/h1-8,10-11H,9H2,(H,18,19). The van der Waals surface area contributed by atoms with Gasteiger partial charge in [0, 0.05) is 17.3 Å². The molecule has 0 saturated carbocycles. The van der Waals surface area contributed by atoms with Gasteiger partial charge in [-0.05, 0) is 12.1 Å². The van der Waals surface area contributed by atoms with Crippen molar-refractivity contribution >= 4 is 11.4 Å². The van der Waals surface area contributed by atoms with Crippen LogP contribution in [0.4, 0.5) is 0 Å². The Kier molecular flexibility index (Phi) is 3.20. The lowest BCUT2D eigenvalue weighted by molar-refractivity contribution is 0.0991. The van der Waals surface area contributed by atoms with Gasteiger partial charge in [-0.2, -0.15) is 10.2 Å². The molecule has 4 aromatic rings. The lowest BCUT2D eigenvalue weighted by Gasteiger charge is -1.99. The van der Waals surface area contributed by atoms with E-state index in [0.717, 1.165) is 11.3 Å². The summed E-state index contributed by atoms with van der Waals surface area (Å²) < 4.78 is 1.73. The fourth-order valence-corrected chi connectivity index (χ4v) is 2.50. The van der Waals surface area contributed by atoms with Gasteiger partial charge in [-0.15, -0.1) is 0 Å². The van der Waals surface area contributed by atoms with Gasteiger partial charge < -0.3 is 0 Å². The zero-order chi connectivity index (χ0) is 15.6. The highest BCUT2D eigenvalue weighted by Crippen LogP contribution is 2.18. The topological polar surface area (TPSA) is 75.9 Å². The molecule has 1 N–H and O–H groups in total. The normalized spacial score (nSPS) is 11.0. The molecule has 0 aliphatic heterocycles. The fourth-order valence-electron chi connectivity index (χ4n) is 2.50. The predicted molar refractivity (Wildman–Crippen MR) is 85.0 cm³/mol. The molecule has 0 spiro atoms. The summed E-state index contributed by atoms with van der Waals surface area (Å²) in [6.45, 7) is 0. The van der Waals surface area contributed by atoms with Gasteiger partial charge in [-0.3, -0.25) is 9.89 Å². The highest BCUT2D eigenvalue weighted by molar-refractivity contribution is 5.97. The van der Waals surface area contributed by atoms with Crippen LogP contribution >= 0.6 is 0 Å². The lowest BCUT2D eigenvalue weighted by atomic mass is 10.1. The molecule has 23 heavy (non-hydrogen) atoms. The van der Waals surface area contributed by atoms with Gasteiger partial charge in [-0.25, -0.2) is 9.50 Å². The van der Waals surface area contributed by atoms with E-state index in [2.05, 4.69) is 20.3 Å². The molecular weight excluding hydrogens is 290 g/mol. The molecule has 0 bridgehead atoms. The SMILES string of the molecule is O=C(Cc1nc2cccc(-c3cn[nH]c3)n2n1)c1ccccc1. The molecule has 1 aromatic carbocycles. The molecule has 3 aromatic heterocycles. The van der Waals surface area contributed by atoms with Crippen molar-refractivity contribution in [1.29, 1.82) is 0 Å². The van der Waals surface area contributed by atoms with Crippen LogP contribution in [0.25, 0.3) is 16.9 Å². The summed E-state index contributed by atoms with van der Waals surface area (Å²) in [7, 11) is 0. The van der Waals surface area contributed by atoms with Crippen molar-refractivity contribution in [2.75, 3.05) is 0 Å². The number of rotatable bonds is 4. The van der Waals surface area contributed by atoms with Crippen LogP contribution in [0.3, 0.4) is 0 Å². The van der Waals surface area contributed by atoms with Crippen LogP contribution in [-0.4, -0.2) is 30.6 Å². The smallest absolute Gasteiger partial charge is 0.170 e. The maximum Gasteiger partial charge on any atom is 0.170 e. The van der Waals surface area contributed by atoms with Crippen molar-refractivity contribution in [2.24, 2.45) is 0 Å². The number of nitrogens with one attached hydrogen (secondary N) is 1. The number of aromatic amines is 1. The number of fused-ring (bicyclic) bond motifs is 1. The summed E-state index contributed by atoms with van der Waals surface area (Å²) in [5.41, 5.74) is 3.17. The minimum atomic E-state index is 0.00590. The van der Waals surface area contributed by atoms with Gasteiger partial charge in [0.15, 0.2) is 17.3 Å². The number of carbonyl (C=O) groups excluding carboxylic acids is 1. The maximum atomic E-state index is 12.3. The summed E-state index contributed by atoms with van der Waals surface area (Å²) >= 11 is 0. The fraction of sp³-hybridized carbons (Fsp3) is 0.0588. The van der Waals surface area contributed by atoms with Crippen molar-refractivity contribution in [3.63, 3.8) is 0 Å². The number of hydrogen-bond donors (Lipinski definition) is 1. The Morgan fingerprint density at radius 3 is 2.74 bits per heavy atom. The predicted octanol–water partition coefficient (Wildman–Crippen LogP) is 2.54. The molecule has 0 radical (unpaired) electrons. The van der Waals surface area contributed by atoms with Crippen LogP contribution in [-0.2, 0) is 6.42 Å². The largest absolute Gasteiger partial charge is 0.294 e. The van der Waals surface area contributed by atoms with Crippen LogP contribution in [0.5, 0.6) is 0 Å². The van der Waals surface area contributed by atoms with E-state index >= 15 is 0 Å². The van der Waals surface area contributed by atoms with Gasteiger partial charge in [0.25, 0.3) is 0 Å². The summed E-state index contributed by atoms with van der Waals surface area (Å²) in [4.78, 5) is 16.7. The van der Waals surface area contributed by atoms with Gasteiger partial charge in [0.2, 0.25) is 0 Å². The first-order valence-corrected chi connectivity index (χ1v) is 7.23. The minimum absolute atomic E-state index is 0.00590. The van der Waals surface area contributed by atoms with Crippen molar-refractivity contribution in [2.45, 2.75) is 6.42 Å². The third-order valence-corrected chi connectivity index (χ3v) is 3.61. The Balaban J connectivity index is 1.70. The van der Waals surface area contributed by atoms with Gasteiger partial charge >= 0.3 is 0 Å². The highest BCUT2D eigenvalue weighted by Gasteiger charge is 2.13. The Morgan fingerprint density at radius 2 is 1.96 bits per heavy atom. The van der Waals surface area contributed by atoms with Gasteiger partial charge in [0.1, 0.15) is 0 Å². The molecule has 0 unspecified atom stereocenters. The van der Waals surface area contributed by atoms with E-state index in [4.69, 9.17) is 0 Å².